The number of thioether (sulfide) groups is 1. The first-order chi connectivity index (χ1) is 13.4. The van der Waals surface area contributed by atoms with Crippen molar-refractivity contribution in [2.75, 3.05) is 4.90 Å². The van der Waals surface area contributed by atoms with Crippen LogP contribution in [-0.2, 0) is 4.79 Å². The zero-order chi connectivity index (χ0) is 19.8. The summed E-state index contributed by atoms with van der Waals surface area (Å²) in [6.45, 7) is 0. The van der Waals surface area contributed by atoms with Gasteiger partial charge in [-0.2, -0.15) is 0 Å². The summed E-state index contributed by atoms with van der Waals surface area (Å²) in [5, 5.41) is -0.0626. The summed E-state index contributed by atoms with van der Waals surface area (Å²) >= 11 is 6.69. The molecule has 0 spiro atoms. The number of furan rings is 1. The minimum atomic E-state index is -0.762. The van der Waals surface area contributed by atoms with Gasteiger partial charge in [0.15, 0.2) is 0 Å². The molecule has 1 aliphatic heterocycles. The van der Waals surface area contributed by atoms with Gasteiger partial charge in [0.2, 0.25) is 0 Å². The molecule has 140 valence electrons. The molecule has 2 heterocycles. The molecule has 1 aromatic heterocycles. The van der Waals surface area contributed by atoms with E-state index in [0.29, 0.717) is 10.7 Å². The van der Waals surface area contributed by atoms with Gasteiger partial charge in [0.1, 0.15) is 23.2 Å². The second-order valence-corrected chi connectivity index (χ2v) is 7.25. The fourth-order valence-electron chi connectivity index (χ4n) is 2.70. The van der Waals surface area contributed by atoms with Crippen molar-refractivity contribution in [3.63, 3.8) is 0 Å². The predicted octanol–water partition coefficient (Wildman–Crippen LogP) is 6.12. The summed E-state index contributed by atoms with van der Waals surface area (Å²) in [5.74, 6) is -1.53. The van der Waals surface area contributed by atoms with Gasteiger partial charge in [0.05, 0.1) is 16.2 Å². The number of anilines is 1. The van der Waals surface area contributed by atoms with E-state index in [2.05, 4.69) is 0 Å². The third-order valence-electron chi connectivity index (χ3n) is 3.96. The largest absolute Gasteiger partial charge is 0.457 e. The predicted molar refractivity (Wildman–Crippen MR) is 104 cm³/mol. The maximum Gasteiger partial charge on any atom is 0.298 e. The minimum Gasteiger partial charge on any atom is -0.457 e. The van der Waals surface area contributed by atoms with Crippen LogP contribution in [0.15, 0.2) is 63.9 Å². The lowest BCUT2D eigenvalue weighted by atomic mass is 10.1. The molecule has 0 unspecified atom stereocenters. The molecule has 0 bridgehead atoms. The van der Waals surface area contributed by atoms with Gasteiger partial charge in [-0.25, -0.2) is 13.7 Å². The highest BCUT2D eigenvalue weighted by atomic mass is 35.5. The standard InChI is InChI=1S/C20H10ClF2NO3S/c21-11-2-1-3-13(8-11)24-19(25)18(28-20(24)26)10-14-5-7-17(27-14)15-6-4-12(22)9-16(15)23/h1-10H/b18-10-. The number of imide groups is 1. The number of carbonyl (C=O) groups excluding carboxylic acids is 2. The highest BCUT2D eigenvalue weighted by Crippen LogP contribution is 2.37. The van der Waals surface area contributed by atoms with Crippen LogP contribution in [0.2, 0.25) is 5.02 Å². The maximum absolute atomic E-state index is 13.9. The Balaban J connectivity index is 1.62. The quantitative estimate of drug-likeness (QED) is 0.482. The topological polar surface area (TPSA) is 50.5 Å². The lowest BCUT2D eigenvalue weighted by Crippen LogP contribution is -2.27. The van der Waals surface area contributed by atoms with Crippen LogP contribution in [0, 0.1) is 11.6 Å². The van der Waals surface area contributed by atoms with Crippen LogP contribution in [0.25, 0.3) is 17.4 Å². The fraction of sp³-hybridized carbons (Fsp3) is 0. The summed E-state index contributed by atoms with van der Waals surface area (Å²) < 4.78 is 32.5. The van der Waals surface area contributed by atoms with Crippen LogP contribution in [-0.4, -0.2) is 11.1 Å². The highest BCUT2D eigenvalue weighted by molar-refractivity contribution is 8.19. The van der Waals surface area contributed by atoms with Gasteiger partial charge in [-0.1, -0.05) is 17.7 Å². The normalized spacial score (nSPS) is 15.7. The van der Waals surface area contributed by atoms with Crippen molar-refractivity contribution < 1.29 is 22.8 Å². The molecule has 4 nitrogen and oxygen atoms in total. The molecule has 28 heavy (non-hydrogen) atoms. The van der Waals surface area contributed by atoms with E-state index in [9.17, 15) is 18.4 Å². The van der Waals surface area contributed by atoms with Crippen molar-refractivity contribution in [2.24, 2.45) is 0 Å². The Hall–Kier alpha value is -2.90. The van der Waals surface area contributed by atoms with Crippen LogP contribution < -0.4 is 4.90 Å². The smallest absolute Gasteiger partial charge is 0.298 e. The van der Waals surface area contributed by atoms with Gasteiger partial charge < -0.3 is 4.42 Å². The Morgan fingerprint density at radius 3 is 2.61 bits per heavy atom. The molecule has 3 aromatic rings. The van der Waals surface area contributed by atoms with E-state index >= 15 is 0 Å². The Morgan fingerprint density at radius 1 is 1.04 bits per heavy atom. The van der Waals surface area contributed by atoms with E-state index in [1.807, 2.05) is 0 Å². The van der Waals surface area contributed by atoms with Crippen LogP contribution in [0.1, 0.15) is 5.76 Å². The lowest BCUT2D eigenvalue weighted by molar-refractivity contribution is -0.113. The van der Waals surface area contributed by atoms with Crippen LogP contribution in [0.4, 0.5) is 19.3 Å². The number of benzene rings is 2. The third-order valence-corrected chi connectivity index (χ3v) is 5.06. The van der Waals surface area contributed by atoms with E-state index in [1.54, 1.807) is 18.2 Å². The first-order valence-electron chi connectivity index (χ1n) is 8.01. The van der Waals surface area contributed by atoms with Gasteiger partial charge in [0.25, 0.3) is 11.1 Å². The molecule has 0 aliphatic carbocycles. The molecule has 0 saturated carbocycles. The van der Waals surface area contributed by atoms with Gasteiger partial charge in [-0.15, -0.1) is 0 Å². The number of carbonyl (C=O) groups is 2. The Bertz CT molecular complexity index is 1140. The molecule has 2 amide bonds. The molecule has 1 saturated heterocycles. The SMILES string of the molecule is O=C1S/C(=C\c2ccc(-c3ccc(F)cc3F)o2)C(=O)N1c1cccc(Cl)c1. The molecular weight excluding hydrogens is 408 g/mol. The van der Waals surface area contributed by atoms with Crippen molar-refractivity contribution in [1.82, 2.24) is 0 Å². The minimum absolute atomic E-state index is 0.0908. The molecule has 0 radical (unpaired) electrons. The average Bonchev–Trinajstić information content (AvgIpc) is 3.20. The zero-order valence-corrected chi connectivity index (χ0v) is 15.6. The van der Waals surface area contributed by atoms with Crippen molar-refractivity contribution >= 4 is 46.3 Å². The van der Waals surface area contributed by atoms with Gasteiger partial charge >= 0.3 is 0 Å². The number of nitrogens with zero attached hydrogens (tertiary/aromatic N) is 1. The second kappa shape index (κ2) is 7.26. The number of amides is 2. The Labute approximate surface area is 167 Å². The van der Waals surface area contributed by atoms with Gasteiger partial charge in [-0.05, 0) is 54.2 Å². The van der Waals surface area contributed by atoms with Crippen molar-refractivity contribution in [1.29, 1.82) is 0 Å². The molecule has 1 aliphatic rings. The zero-order valence-electron chi connectivity index (χ0n) is 14.0. The first kappa shape index (κ1) is 18.5. The molecule has 0 N–H and O–H groups in total. The maximum atomic E-state index is 13.9. The van der Waals surface area contributed by atoms with E-state index in [1.165, 1.54) is 30.3 Å². The summed E-state index contributed by atoms with van der Waals surface area (Å²) in [6.07, 6.45) is 1.40. The number of halogens is 3. The van der Waals surface area contributed by atoms with E-state index < -0.39 is 22.8 Å². The first-order valence-corrected chi connectivity index (χ1v) is 9.20. The van der Waals surface area contributed by atoms with Crippen LogP contribution in [0.3, 0.4) is 0 Å². The number of rotatable bonds is 3. The molecule has 0 atom stereocenters. The molecular formula is C20H10ClF2NO3S. The van der Waals surface area contributed by atoms with Crippen molar-refractivity contribution in [3.05, 3.63) is 81.9 Å². The highest BCUT2D eigenvalue weighted by Gasteiger charge is 2.36. The van der Waals surface area contributed by atoms with Crippen molar-refractivity contribution in [2.45, 2.75) is 0 Å². The molecule has 2 aromatic carbocycles. The Morgan fingerprint density at radius 2 is 1.86 bits per heavy atom. The van der Waals surface area contributed by atoms with E-state index in [4.69, 9.17) is 16.0 Å². The fourth-order valence-corrected chi connectivity index (χ4v) is 3.71. The van der Waals surface area contributed by atoms with Gasteiger partial charge in [0, 0.05) is 17.2 Å². The Kier molecular flexibility index (Phi) is 4.78. The van der Waals surface area contributed by atoms with Crippen LogP contribution >= 0.6 is 23.4 Å². The van der Waals surface area contributed by atoms with E-state index in [0.717, 1.165) is 28.8 Å². The number of hydrogen-bond acceptors (Lipinski definition) is 4. The summed E-state index contributed by atoms with van der Waals surface area (Å²) in [4.78, 5) is 26.1. The second-order valence-electron chi connectivity index (χ2n) is 5.82. The lowest BCUT2D eigenvalue weighted by Gasteiger charge is -2.12. The van der Waals surface area contributed by atoms with Gasteiger partial charge in [-0.3, -0.25) is 9.59 Å². The average molecular weight is 418 g/mol. The summed E-state index contributed by atoms with van der Waals surface area (Å²) in [7, 11) is 0. The van der Waals surface area contributed by atoms with Crippen molar-refractivity contribution in [3.8, 4) is 11.3 Å². The van der Waals surface area contributed by atoms with E-state index in [-0.39, 0.29) is 22.0 Å². The van der Waals surface area contributed by atoms with Crippen LogP contribution in [0.5, 0.6) is 0 Å². The molecule has 1 fully saturated rings. The third kappa shape index (κ3) is 3.46. The number of hydrogen-bond donors (Lipinski definition) is 0. The molecule has 8 heteroatoms. The summed E-state index contributed by atoms with van der Waals surface area (Å²) in [6, 6.07) is 12.6. The summed E-state index contributed by atoms with van der Waals surface area (Å²) in [5.41, 5.74) is 0.458. The monoisotopic (exact) mass is 417 g/mol. The molecule has 4 rings (SSSR count).